The van der Waals surface area contributed by atoms with Gasteiger partial charge in [0.25, 0.3) is 5.56 Å². The molecule has 1 N–H and O–H groups in total. The van der Waals surface area contributed by atoms with Crippen molar-refractivity contribution in [2.24, 2.45) is 0 Å². The van der Waals surface area contributed by atoms with E-state index in [0.29, 0.717) is 28.3 Å². The number of nitrogens with zero attached hydrogens (tertiary/aromatic N) is 3. The number of rotatable bonds is 9. The quantitative estimate of drug-likeness (QED) is 0.214. The zero-order chi connectivity index (χ0) is 21.5. The zero-order valence-corrected chi connectivity index (χ0v) is 18.7. The molecule has 0 aliphatic carbocycles. The number of para-hydroxylation sites is 1. The predicted molar refractivity (Wildman–Crippen MR) is 123 cm³/mol. The van der Waals surface area contributed by atoms with Gasteiger partial charge in [-0.2, -0.15) is 0 Å². The van der Waals surface area contributed by atoms with Crippen molar-refractivity contribution in [1.29, 1.82) is 0 Å². The van der Waals surface area contributed by atoms with Gasteiger partial charge in [0.2, 0.25) is 5.91 Å². The van der Waals surface area contributed by atoms with E-state index in [1.54, 1.807) is 35.9 Å². The van der Waals surface area contributed by atoms with Gasteiger partial charge in [0, 0.05) is 12.7 Å². The molecule has 3 rings (SSSR count). The van der Waals surface area contributed by atoms with Gasteiger partial charge in [0.15, 0.2) is 10.3 Å². The van der Waals surface area contributed by atoms with E-state index in [4.69, 9.17) is 11.6 Å². The molecule has 1 unspecified atom stereocenters. The highest BCUT2D eigenvalue weighted by Gasteiger charge is 2.20. The molecule has 0 aliphatic heterocycles. The Bertz CT molecular complexity index is 1090. The largest absolute Gasteiger partial charge is 0.322 e. The molecule has 0 fully saturated rings. The Morgan fingerprint density at radius 3 is 2.77 bits per heavy atom. The minimum atomic E-state index is -0.476. The maximum atomic E-state index is 13.1. The molecule has 1 atom stereocenters. The van der Waals surface area contributed by atoms with E-state index in [-0.39, 0.29) is 16.6 Å². The van der Waals surface area contributed by atoms with Crippen molar-refractivity contribution >= 4 is 45.9 Å². The number of nitrogens with one attached hydrogen (secondary N) is 1. The summed E-state index contributed by atoms with van der Waals surface area (Å²) in [4.78, 5) is 34.4. The molecule has 0 radical (unpaired) electrons. The van der Waals surface area contributed by atoms with Gasteiger partial charge < -0.3 is 5.32 Å². The van der Waals surface area contributed by atoms with Crippen LogP contribution in [0.3, 0.4) is 0 Å². The van der Waals surface area contributed by atoms with Gasteiger partial charge in [-0.3, -0.25) is 14.2 Å². The van der Waals surface area contributed by atoms with Crippen LogP contribution in [-0.4, -0.2) is 25.7 Å². The van der Waals surface area contributed by atoms with Gasteiger partial charge in [-0.15, -0.1) is 0 Å². The smallest absolute Gasteiger partial charge is 0.262 e. The number of halogens is 1. The van der Waals surface area contributed by atoms with Crippen molar-refractivity contribution in [1.82, 2.24) is 14.5 Å². The SMILES string of the molecule is CCCCCCn1c(SC(C)C(=O)Nc2cccnc2Cl)nc2ccccc2c1=O. The van der Waals surface area contributed by atoms with Gasteiger partial charge in [0.05, 0.1) is 21.8 Å². The van der Waals surface area contributed by atoms with Gasteiger partial charge >= 0.3 is 0 Å². The number of pyridine rings is 1. The fraction of sp³-hybridized carbons (Fsp3) is 0.364. The second kappa shape index (κ2) is 10.6. The van der Waals surface area contributed by atoms with Crippen LogP contribution in [-0.2, 0) is 11.3 Å². The van der Waals surface area contributed by atoms with Crippen LogP contribution in [0.2, 0.25) is 5.15 Å². The average Bonchev–Trinajstić information content (AvgIpc) is 2.74. The van der Waals surface area contributed by atoms with E-state index in [1.807, 2.05) is 18.2 Å². The molecule has 6 nitrogen and oxygen atoms in total. The molecule has 0 bridgehead atoms. The van der Waals surface area contributed by atoms with Crippen LogP contribution in [0.1, 0.15) is 39.5 Å². The van der Waals surface area contributed by atoms with Gasteiger partial charge in [-0.25, -0.2) is 9.97 Å². The summed E-state index contributed by atoms with van der Waals surface area (Å²) in [5.74, 6) is -0.227. The topological polar surface area (TPSA) is 76.9 Å². The van der Waals surface area contributed by atoms with Crippen LogP contribution in [0.4, 0.5) is 5.69 Å². The van der Waals surface area contributed by atoms with Crippen molar-refractivity contribution in [3.8, 4) is 0 Å². The molecule has 1 amide bonds. The van der Waals surface area contributed by atoms with Crippen LogP contribution in [0, 0.1) is 0 Å². The highest BCUT2D eigenvalue weighted by Crippen LogP contribution is 2.25. The fourth-order valence-electron chi connectivity index (χ4n) is 3.06. The second-order valence-electron chi connectivity index (χ2n) is 7.02. The molecule has 0 saturated heterocycles. The number of thioether (sulfide) groups is 1. The van der Waals surface area contributed by atoms with E-state index in [2.05, 4.69) is 22.2 Å². The first-order valence-corrected chi connectivity index (χ1v) is 11.3. The van der Waals surface area contributed by atoms with Crippen molar-refractivity contribution in [2.45, 2.75) is 56.5 Å². The molecule has 8 heteroatoms. The lowest BCUT2D eigenvalue weighted by atomic mass is 10.2. The Morgan fingerprint density at radius 2 is 2.00 bits per heavy atom. The van der Waals surface area contributed by atoms with Crippen molar-refractivity contribution in [3.63, 3.8) is 0 Å². The summed E-state index contributed by atoms with van der Waals surface area (Å²) in [7, 11) is 0. The molecular weight excluding hydrogens is 420 g/mol. The number of hydrogen-bond donors (Lipinski definition) is 1. The summed E-state index contributed by atoms with van der Waals surface area (Å²) < 4.78 is 1.70. The monoisotopic (exact) mass is 444 g/mol. The molecule has 0 spiro atoms. The lowest BCUT2D eigenvalue weighted by Crippen LogP contribution is -2.27. The number of anilines is 1. The third-order valence-electron chi connectivity index (χ3n) is 4.73. The Hall–Kier alpha value is -2.38. The Kier molecular flexibility index (Phi) is 7.87. The maximum Gasteiger partial charge on any atom is 0.262 e. The van der Waals surface area contributed by atoms with Crippen LogP contribution in [0.5, 0.6) is 0 Å². The minimum absolute atomic E-state index is 0.0671. The van der Waals surface area contributed by atoms with E-state index in [0.717, 1.165) is 25.7 Å². The Labute approximate surface area is 185 Å². The standard InChI is InChI=1S/C22H25ClN4O2S/c1-3-4-5-8-14-27-21(29)16-10-6-7-11-17(16)26-22(27)30-15(2)20(28)25-18-12-9-13-24-19(18)23/h6-7,9-13,15H,3-5,8,14H2,1-2H3,(H,25,28). The molecule has 30 heavy (non-hydrogen) atoms. The van der Waals surface area contributed by atoms with E-state index in [1.165, 1.54) is 11.8 Å². The van der Waals surface area contributed by atoms with Crippen molar-refractivity contribution in [2.75, 3.05) is 5.32 Å². The molecule has 158 valence electrons. The van der Waals surface area contributed by atoms with Crippen molar-refractivity contribution < 1.29 is 4.79 Å². The number of aromatic nitrogens is 3. The number of fused-ring (bicyclic) bond motifs is 1. The molecule has 3 aromatic rings. The Morgan fingerprint density at radius 1 is 1.20 bits per heavy atom. The second-order valence-corrected chi connectivity index (χ2v) is 8.69. The number of unbranched alkanes of at least 4 members (excludes halogenated alkanes) is 3. The van der Waals surface area contributed by atoms with Crippen LogP contribution < -0.4 is 10.9 Å². The fourth-order valence-corrected chi connectivity index (χ4v) is 4.16. The molecule has 0 aliphatic rings. The van der Waals surface area contributed by atoms with Crippen LogP contribution in [0.25, 0.3) is 10.9 Å². The molecule has 1 aromatic carbocycles. The molecule has 2 heterocycles. The van der Waals surface area contributed by atoms with Gasteiger partial charge in [0.1, 0.15) is 0 Å². The summed E-state index contributed by atoms with van der Waals surface area (Å²) in [5, 5.41) is 3.70. The van der Waals surface area contributed by atoms with E-state index in [9.17, 15) is 9.59 Å². The number of benzene rings is 1. The third kappa shape index (κ3) is 5.40. The third-order valence-corrected chi connectivity index (χ3v) is 6.12. The first-order chi connectivity index (χ1) is 14.5. The van der Waals surface area contributed by atoms with Gasteiger partial charge in [-0.05, 0) is 37.6 Å². The van der Waals surface area contributed by atoms with Crippen LogP contribution in [0.15, 0.2) is 52.5 Å². The highest BCUT2D eigenvalue weighted by atomic mass is 35.5. The minimum Gasteiger partial charge on any atom is -0.322 e. The highest BCUT2D eigenvalue weighted by molar-refractivity contribution is 8.00. The number of carbonyl (C=O) groups is 1. The van der Waals surface area contributed by atoms with E-state index < -0.39 is 5.25 Å². The summed E-state index contributed by atoms with van der Waals surface area (Å²) in [6, 6.07) is 10.7. The Balaban J connectivity index is 1.84. The lowest BCUT2D eigenvalue weighted by molar-refractivity contribution is -0.115. The molecule has 0 saturated carbocycles. The number of amides is 1. The summed E-state index contributed by atoms with van der Waals surface area (Å²) in [6.07, 6.45) is 5.76. The molecule has 2 aromatic heterocycles. The predicted octanol–water partition coefficient (Wildman–Crippen LogP) is 5.14. The first-order valence-electron chi connectivity index (χ1n) is 10.1. The summed E-state index contributed by atoms with van der Waals surface area (Å²) in [5.41, 5.74) is 1.03. The average molecular weight is 445 g/mol. The van der Waals surface area contributed by atoms with Crippen molar-refractivity contribution in [3.05, 3.63) is 58.1 Å². The summed E-state index contributed by atoms with van der Waals surface area (Å²) in [6.45, 7) is 4.52. The molecular formula is C22H25ClN4O2S. The van der Waals surface area contributed by atoms with E-state index >= 15 is 0 Å². The first kappa shape index (κ1) is 22.3. The number of hydrogen-bond acceptors (Lipinski definition) is 5. The normalized spacial score (nSPS) is 12.1. The zero-order valence-electron chi connectivity index (χ0n) is 17.1. The van der Waals surface area contributed by atoms with Gasteiger partial charge in [-0.1, -0.05) is 61.7 Å². The van der Waals surface area contributed by atoms with Crippen LogP contribution >= 0.6 is 23.4 Å². The number of carbonyl (C=O) groups excluding carboxylic acids is 1. The lowest BCUT2D eigenvalue weighted by Gasteiger charge is -2.16. The maximum absolute atomic E-state index is 13.1. The summed E-state index contributed by atoms with van der Waals surface area (Å²) >= 11 is 7.31.